The third-order valence-electron chi connectivity index (χ3n) is 6.90. The van der Waals surface area contributed by atoms with E-state index in [0.29, 0.717) is 24.4 Å². The normalized spacial score (nSPS) is 17.6. The van der Waals surface area contributed by atoms with Gasteiger partial charge in [-0.15, -0.1) is 10.2 Å². The largest absolute Gasteiger partial charge is 0.497 e. The minimum Gasteiger partial charge on any atom is -0.497 e. The molecule has 2 aliphatic carbocycles. The molecule has 0 unspecified atom stereocenters. The number of benzene rings is 1. The molecule has 0 spiro atoms. The molecule has 1 amide bonds. The van der Waals surface area contributed by atoms with Crippen LogP contribution in [0.1, 0.15) is 70.0 Å². The molecule has 8 heteroatoms. The highest BCUT2D eigenvalue weighted by atomic mass is 32.2. The summed E-state index contributed by atoms with van der Waals surface area (Å²) in [4.78, 5) is 15.7. The van der Waals surface area contributed by atoms with Crippen molar-refractivity contribution < 1.29 is 14.3 Å². The lowest BCUT2D eigenvalue weighted by atomic mass is 9.88. The molecule has 2 saturated carbocycles. The molecule has 33 heavy (non-hydrogen) atoms. The van der Waals surface area contributed by atoms with Crippen molar-refractivity contribution >= 4 is 17.7 Å². The number of nitrogens with zero attached hydrogens (tertiary/aromatic N) is 4. The lowest BCUT2D eigenvalue weighted by Crippen LogP contribution is -2.49. The molecule has 0 N–H and O–H groups in total. The fourth-order valence-corrected chi connectivity index (χ4v) is 5.84. The first-order valence-electron chi connectivity index (χ1n) is 12.2. The topological polar surface area (TPSA) is 69.5 Å². The highest BCUT2D eigenvalue weighted by molar-refractivity contribution is 7.99. The number of thioether (sulfide) groups is 1. The van der Waals surface area contributed by atoms with Gasteiger partial charge in [0.15, 0.2) is 11.0 Å². The zero-order valence-electron chi connectivity index (χ0n) is 19.9. The summed E-state index contributed by atoms with van der Waals surface area (Å²) in [6.07, 6.45) is 12.2. The van der Waals surface area contributed by atoms with Gasteiger partial charge >= 0.3 is 0 Å². The third kappa shape index (κ3) is 6.22. The van der Waals surface area contributed by atoms with Crippen LogP contribution in [-0.4, -0.2) is 50.5 Å². The molecule has 7 nitrogen and oxygen atoms in total. The van der Waals surface area contributed by atoms with Gasteiger partial charge in [0.1, 0.15) is 18.1 Å². The number of aromatic nitrogens is 3. The Morgan fingerprint density at radius 1 is 0.970 bits per heavy atom. The van der Waals surface area contributed by atoms with Crippen molar-refractivity contribution in [3.63, 3.8) is 0 Å². The van der Waals surface area contributed by atoms with E-state index in [1.807, 2.05) is 35.9 Å². The van der Waals surface area contributed by atoms with E-state index in [9.17, 15) is 4.79 Å². The van der Waals surface area contributed by atoms with Crippen LogP contribution in [0.4, 0.5) is 0 Å². The standard InChI is InChI=1S/C25H36N4O3S/c1-28-23(17-32-22-15-13-21(31-2)14-16-22)26-27-25(28)33-18-24(30)29(19-9-5-3-6-10-19)20-11-7-4-8-12-20/h13-16,19-20H,3-12,17-18H2,1-2H3. The quantitative estimate of drug-likeness (QED) is 0.479. The highest BCUT2D eigenvalue weighted by Crippen LogP contribution is 2.31. The van der Waals surface area contributed by atoms with Gasteiger partial charge in [0.2, 0.25) is 5.91 Å². The van der Waals surface area contributed by atoms with Crippen LogP contribution in [0.25, 0.3) is 0 Å². The van der Waals surface area contributed by atoms with E-state index < -0.39 is 0 Å². The van der Waals surface area contributed by atoms with E-state index in [2.05, 4.69) is 15.1 Å². The summed E-state index contributed by atoms with van der Waals surface area (Å²) in [6.45, 7) is 0.320. The zero-order valence-corrected chi connectivity index (χ0v) is 20.7. The maximum absolute atomic E-state index is 13.4. The van der Waals surface area contributed by atoms with Crippen LogP contribution >= 0.6 is 11.8 Å². The van der Waals surface area contributed by atoms with Crippen LogP contribution in [0, 0.1) is 0 Å². The van der Waals surface area contributed by atoms with Crippen LogP contribution in [-0.2, 0) is 18.4 Å². The summed E-state index contributed by atoms with van der Waals surface area (Å²) in [5, 5.41) is 9.36. The summed E-state index contributed by atoms with van der Waals surface area (Å²) in [6, 6.07) is 8.31. The molecule has 0 bridgehead atoms. The van der Waals surface area contributed by atoms with Crippen molar-refractivity contribution in [2.24, 2.45) is 7.05 Å². The average Bonchev–Trinajstić information content (AvgIpc) is 3.22. The molecule has 1 heterocycles. The molecule has 0 radical (unpaired) electrons. The zero-order chi connectivity index (χ0) is 23.0. The summed E-state index contributed by atoms with van der Waals surface area (Å²) in [7, 11) is 3.57. The van der Waals surface area contributed by atoms with Crippen LogP contribution in [0.3, 0.4) is 0 Å². The van der Waals surface area contributed by atoms with Crippen molar-refractivity contribution in [1.82, 2.24) is 19.7 Å². The number of hydrogen-bond acceptors (Lipinski definition) is 6. The highest BCUT2D eigenvalue weighted by Gasteiger charge is 2.32. The van der Waals surface area contributed by atoms with E-state index in [0.717, 1.165) is 48.2 Å². The number of ether oxygens (including phenoxy) is 2. The fraction of sp³-hybridized carbons (Fsp3) is 0.640. The number of hydrogen-bond donors (Lipinski definition) is 0. The van der Waals surface area contributed by atoms with Gasteiger partial charge in [-0.2, -0.15) is 0 Å². The van der Waals surface area contributed by atoms with Gasteiger partial charge in [0.25, 0.3) is 0 Å². The Balaban J connectivity index is 1.34. The van der Waals surface area contributed by atoms with Crippen molar-refractivity contribution in [3.8, 4) is 11.5 Å². The molecular weight excluding hydrogens is 436 g/mol. The second-order valence-electron chi connectivity index (χ2n) is 9.10. The number of rotatable bonds is 9. The SMILES string of the molecule is COc1ccc(OCc2nnc(SCC(=O)N(C3CCCCC3)C3CCCCC3)n2C)cc1. The first-order chi connectivity index (χ1) is 16.2. The van der Waals surface area contributed by atoms with Gasteiger partial charge in [-0.1, -0.05) is 50.3 Å². The number of methoxy groups -OCH3 is 1. The Hall–Kier alpha value is -2.22. The fourth-order valence-electron chi connectivity index (χ4n) is 5.04. The molecule has 2 aliphatic rings. The smallest absolute Gasteiger partial charge is 0.233 e. The second-order valence-corrected chi connectivity index (χ2v) is 10.0. The predicted octanol–water partition coefficient (Wildman–Crippen LogP) is 4.99. The summed E-state index contributed by atoms with van der Waals surface area (Å²) in [5.41, 5.74) is 0. The van der Waals surface area contributed by atoms with Crippen molar-refractivity contribution in [2.75, 3.05) is 12.9 Å². The average molecular weight is 473 g/mol. The number of carbonyl (C=O) groups is 1. The first kappa shape index (κ1) is 23.9. The van der Waals surface area contributed by atoms with E-state index >= 15 is 0 Å². The maximum atomic E-state index is 13.4. The van der Waals surface area contributed by atoms with Crippen LogP contribution < -0.4 is 9.47 Å². The molecular formula is C25H36N4O3S. The minimum absolute atomic E-state index is 0.262. The monoisotopic (exact) mass is 472 g/mol. The molecule has 0 aliphatic heterocycles. The van der Waals surface area contributed by atoms with E-state index in [4.69, 9.17) is 9.47 Å². The Labute approximate surface area is 201 Å². The predicted molar refractivity (Wildman–Crippen MR) is 130 cm³/mol. The van der Waals surface area contributed by atoms with Gasteiger partial charge in [0, 0.05) is 19.1 Å². The van der Waals surface area contributed by atoms with Crippen molar-refractivity contribution in [1.29, 1.82) is 0 Å². The van der Waals surface area contributed by atoms with Gasteiger partial charge in [-0.25, -0.2) is 0 Å². The van der Waals surface area contributed by atoms with Gasteiger partial charge < -0.3 is 18.9 Å². The molecule has 1 aromatic heterocycles. The first-order valence-corrected chi connectivity index (χ1v) is 13.2. The van der Waals surface area contributed by atoms with Crippen LogP contribution in [0.5, 0.6) is 11.5 Å². The van der Waals surface area contributed by atoms with E-state index in [1.54, 1.807) is 7.11 Å². The van der Waals surface area contributed by atoms with Gasteiger partial charge in [-0.3, -0.25) is 4.79 Å². The Bertz CT molecular complexity index is 872. The summed E-state index contributed by atoms with van der Waals surface area (Å²) in [5.74, 6) is 2.95. The van der Waals surface area contributed by atoms with Crippen molar-refractivity contribution in [2.45, 2.75) is 88.1 Å². The lowest BCUT2D eigenvalue weighted by Gasteiger charge is -2.41. The minimum atomic E-state index is 0.262. The van der Waals surface area contributed by atoms with Crippen LogP contribution in [0.15, 0.2) is 29.4 Å². The Morgan fingerprint density at radius 2 is 1.55 bits per heavy atom. The third-order valence-corrected chi connectivity index (χ3v) is 7.91. The molecule has 0 saturated heterocycles. The second kappa shape index (κ2) is 11.8. The van der Waals surface area contributed by atoms with Crippen LogP contribution in [0.2, 0.25) is 0 Å². The van der Waals surface area contributed by atoms with E-state index in [-0.39, 0.29) is 5.91 Å². The molecule has 1 aromatic carbocycles. The molecule has 180 valence electrons. The van der Waals surface area contributed by atoms with E-state index in [1.165, 1.54) is 50.3 Å². The molecule has 4 rings (SSSR count). The Morgan fingerprint density at radius 3 is 2.12 bits per heavy atom. The Kier molecular flexibility index (Phi) is 8.53. The van der Waals surface area contributed by atoms with Gasteiger partial charge in [-0.05, 0) is 49.9 Å². The number of amides is 1. The maximum Gasteiger partial charge on any atom is 0.233 e. The van der Waals surface area contributed by atoms with Crippen molar-refractivity contribution in [3.05, 3.63) is 30.1 Å². The molecule has 2 aromatic rings. The number of carbonyl (C=O) groups excluding carboxylic acids is 1. The molecule has 2 fully saturated rings. The summed E-state index contributed by atoms with van der Waals surface area (Å²) < 4.78 is 12.9. The molecule has 0 atom stereocenters. The summed E-state index contributed by atoms with van der Waals surface area (Å²) >= 11 is 1.48. The van der Waals surface area contributed by atoms with Gasteiger partial charge in [0.05, 0.1) is 12.9 Å². The lowest BCUT2D eigenvalue weighted by molar-refractivity contribution is -0.135.